The number of piperidine rings is 3. The lowest BCUT2D eigenvalue weighted by atomic mass is 9.87. The van der Waals surface area contributed by atoms with Crippen LogP contribution in [0.3, 0.4) is 0 Å². The Morgan fingerprint density at radius 1 is 0.849 bits per heavy atom. The van der Waals surface area contributed by atoms with Gasteiger partial charge in [-0.05, 0) is 90.5 Å². The molecule has 3 aromatic carbocycles. The molecule has 3 heterocycles. The maximum Gasteiger partial charge on any atom is 0.409 e. The number of nitrogens with zero attached hydrogens (tertiary/aromatic N) is 4. The third kappa shape index (κ3) is 7.72. The van der Waals surface area contributed by atoms with Crippen LogP contribution >= 0.6 is 12.2 Å². The van der Waals surface area contributed by atoms with Gasteiger partial charge in [0.05, 0.1) is 0 Å². The molecule has 11 nitrogen and oxygen atoms in total. The van der Waals surface area contributed by atoms with E-state index in [2.05, 4.69) is 47.9 Å². The number of hydrogen-bond acceptors (Lipinski definition) is 9. The highest BCUT2D eigenvalue weighted by atomic mass is 32.2. The number of hydroxylamine groups is 1. The Labute approximate surface area is 316 Å². The third-order valence-electron chi connectivity index (χ3n) is 11.8. The summed E-state index contributed by atoms with van der Waals surface area (Å²) in [4.78, 5) is 45.7. The number of nitrogens with one attached hydrogen (secondary N) is 1. The van der Waals surface area contributed by atoms with Crippen LogP contribution in [0.4, 0.5) is 10.5 Å². The predicted molar refractivity (Wildman–Crippen MR) is 205 cm³/mol. The molecule has 2 N–H and O–H groups in total. The van der Waals surface area contributed by atoms with Crippen LogP contribution in [0.2, 0.25) is 0 Å². The molecule has 3 amide bonds. The van der Waals surface area contributed by atoms with Crippen molar-refractivity contribution in [3.63, 3.8) is 0 Å². The van der Waals surface area contributed by atoms with Crippen LogP contribution in [0.25, 0.3) is 11.1 Å². The van der Waals surface area contributed by atoms with Gasteiger partial charge >= 0.3 is 6.09 Å². The Bertz CT molecular complexity index is 1720. The zero-order chi connectivity index (χ0) is 37.1. The van der Waals surface area contributed by atoms with Crippen molar-refractivity contribution in [3.05, 3.63) is 83.9 Å². The van der Waals surface area contributed by atoms with E-state index >= 15 is 0 Å². The molecule has 3 aromatic rings. The van der Waals surface area contributed by atoms with Gasteiger partial charge in [-0.2, -0.15) is 0 Å². The molecule has 1 aliphatic carbocycles. The predicted octanol–water partition coefficient (Wildman–Crippen LogP) is 6.57. The Balaban J connectivity index is 0.892. The molecular weight excluding hydrogens is 691 g/mol. The Kier molecular flexibility index (Phi) is 11.2. The molecule has 0 spiro atoms. The standard InChI is InChI=1S/C41H51N5O6S/c1-28-24-29(2)26-46(25-28)38(47)30-16-20-44(21-17-30)31-12-14-32(15-13-31)52-53-43(3)41(39(48)42-50)18-22-45(23-19-41)40(49)51-27-37-35-10-6-4-8-33(35)34-9-5-7-11-36(34)37/h4-15,28-30,37,50H,16-27H2,1-3H3,(H,42,48). The zero-order valence-electron chi connectivity index (χ0n) is 30.9. The number of rotatable bonds is 9. The molecule has 12 heteroatoms. The first kappa shape index (κ1) is 37.1. The van der Waals surface area contributed by atoms with Crippen molar-refractivity contribution in [2.24, 2.45) is 17.8 Å². The van der Waals surface area contributed by atoms with Gasteiger partial charge in [0.2, 0.25) is 5.91 Å². The summed E-state index contributed by atoms with van der Waals surface area (Å²) in [6.45, 7) is 8.69. The average molecular weight is 742 g/mol. The SMILES string of the molecule is CC1CC(C)CN(C(=O)C2CCN(c3ccc(OSN(C)C4(C(=O)NO)CCN(C(=O)OCC5c6ccccc6-c6ccccc65)CC4)cc3)CC2)C1. The molecule has 53 heavy (non-hydrogen) atoms. The fourth-order valence-electron chi connectivity index (χ4n) is 8.90. The Hall–Kier alpha value is -4.26. The first-order valence-electron chi connectivity index (χ1n) is 18.9. The van der Waals surface area contributed by atoms with E-state index in [-0.39, 0.29) is 44.4 Å². The summed E-state index contributed by atoms with van der Waals surface area (Å²) in [5.41, 5.74) is 6.46. The van der Waals surface area contributed by atoms with Crippen LogP contribution in [0.5, 0.6) is 5.75 Å². The molecule has 282 valence electrons. The van der Waals surface area contributed by atoms with Crippen LogP contribution in [0.1, 0.15) is 63.0 Å². The number of fused-ring (bicyclic) bond motifs is 3. The van der Waals surface area contributed by atoms with Gasteiger partial charge in [0, 0.05) is 63.8 Å². The van der Waals surface area contributed by atoms with Crippen molar-refractivity contribution in [2.75, 3.05) is 57.8 Å². The van der Waals surface area contributed by atoms with Crippen LogP contribution in [0, 0.1) is 17.8 Å². The van der Waals surface area contributed by atoms with Crippen LogP contribution in [-0.2, 0) is 14.3 Å². The van der Waals surface area contributed by atoms with Crippen LogP contribution < -0.4 is 14.6 Å². The van der Waals surface area contributed by atoms with E-state index in [1.165, 1.54) is 17.5 Å². The highest BCUT2D eigenvalue weighted by Gasteiger charge is 2.47. The number of likely N-dealkylation sites (tertiary alicyclic amines) is 2. The molecule has 0 bridgehead atoms. The lowest BCUT2D eigenvalue weighted by molar-refractivity contribution is -0.141. The normalized spacial score (nSPS) is 21.6. The van der Waals surface area contributed by atoms with Gasteiger partial charge in [-0.1, -0.05) is 62.4 Å². The molecule has 7 rings (SSSR count). The second kappa shape index (κ2) is 16.0. The van der Waals surface area contributed by atoms with E-state index in [0.717, 1.165) is 68.1 Å². The van der Waals surface area contributed by atoms with Gasteiger partial charge in [-0.3, -0.25) is 14.8 Å². The monoisotopic (exact) mass is 741 g/mol. The summed E-state index contributed by atoms with van der Waals surface area (Å²) in [7, 11) is 1.76. The van der Waals surface area contributed by atoms with E-state index in [4.69, 9.17) is 8.92 Å². The number of carbonyl (C=O) groups excluding carboxylic acids is 3. The first-order chi connectivity index (χ1) is 25.7. The maximum absolute atomic E-state index is 13.3. The van der Waals surface area contributed by atoms with Gasteiger partial charge < -0.3 is 23.6 Å². The highest BCUT2D eigenvalue weighted by Crippen LogP contribution is 2.45. The van der Waals surface area contributed by atoms with Crippen LogP contribution in [0.15, 0.2) is 72.8 Å². The number of carbonyl (C=O) groups is 3. The molecule has 3 fully saturated rings. The van der Waals surface area contributed by atoms with Gasteiger partial charge in [0.25, 0.3) is 5.91 Å². The van der Waals surface area contributed by atoms with Crippen molar-refractivity contribution in [3.8, 4) is 16.9 Å². The molecular formula is C41H51N5O6S. The summed E-state index contributed by atoms with van der Waals surface area (Å²) in [5, 5.41) is 9.71. The fourth-order valence-corrected chi connectivity index (χ4v) is 9.62. The van der Waals surface area contributed by atoms with Crippen molar-refractivity contribution in [1.29, 1.82) is 0 Å². The number of ether oxygens (including phenoxy) is 1. The molecule has 3 aliphatic heterocycles. The van der Waals surface area contributed by atoms with Gasteiger partial charge in [0.15, 0.2) is 0 Å². The lowest BCUT2D eigenvalue weighted by Crippen LogP contribution is -2.60. The van der Waals surface area contributed by atoms with Crippen molar-refractivity contribution >= 4 is 35.8 Å². The molecule has 2 unspecified atom stereocenters. The Morgan fingerprint density at radius 3 is 2.02 bits per heavy atom. The summed E-state index contributed by atoms with van der Waals surface area (Å²) in [6, 6.07) is 24.3. The van der Waals surface area contributed by atoms with Gasteiger partial charge in [0.1, 0.15) is 30.1 Å². The van der Waals surface area contributed by atoms with Crippen LogP contribution in [-0.4, -0.2) is 95.7 Å². The zero-order valence-corrected chi connectivity index (χ0v) is 31.7. The second-order valence-electron chi connectivity index (χ2n) is 15.4. The highest BCUT2D eigenvalue weighted by molar-refractivity contribution is 7.92. The second-order valence-corrected chi connectivity index (χ2v) is 16.2. The van der Waals surface area contributed by atoms with E-state index in [1.807, 2.05) is 54.0 Å². The van der Waals surface area contributed by atoms with E-state index in [9.17, 15) is 19.6 Å². The molecule has 0 radical (unpaired) electrons. The number of anilines is 1. The molecule has 4 aliphatic rings. The minimum Gasteiger partial charge on any atom is -0.448 e. The minimum atomic E-state index is -1.11. The fraction of sp³-hybridized carbons (Fsp3) is 0.488. The number of hydrogen-bond donors (Lipinski definition) is 2. The quantitative estimate of drug-likeness (QED) is 0.109. The van der Waals surface area contributed by atoms with Crippen molar-refractivity contribution in [1.82, 2.24) is 19.6 Å². The molecule has 3 saturated heterocycles. The van der Waals surface area contributed by atoms with E-state index < -0.39 is 17.5 Å². The lowest BCUT2D eigenvalue weighted by Gasteiger charge is -2.43. The third-order valence-corrected chi connectivity index (χ3v) is 12.6. The number of likely N-dealkylation sites (N-methyl/N-ethyl adjacent to an activating group) is 1. The smallest absolute Gasteiger partial charge is 0.409 e. The van der Waals surface area contributed by atoms with E-state index in [0.29, 0.717) is 23.5 Å². The number of amides is 3. The van der Waals surface area contributed by atoms with Gasteiger partial charge in [-0.25, -0.2) is 14.6 Å². The average Bonchev–Trinajstić information content (AvgIpc) is 3.51. The summed E-state index contributed by atoms with van der Waals surface area (Å²) in [6.07, 6.45) is 3.04. The van der Waals surface area contributed by atoms with Gasteiger partial charge in [-0.15, -0.1) is 0 Å². The minimum absolute atomic E-state index is 0.0375. The summed E-state index contributed by atoms with van der Waals surface area (Å²) < 4.78 is 13.6. The Morgan fingerprint density at radius 2 is 1.43 bits per heavy atom. The van der Waals surface area contributed by atoms with Crippen molar-refractivity contribution < 1.29 is 28.5 Å². The van der Waals surface area contributed by atoms with Crippen molar-refractivity contribution in [2.45, 2.75) is 57.4 Å². The number of benzene rings is 3. The topological polar surface area (TPSA) is 115 Å². The molecule has 0 aromatic heterocycles. The summed E-state index contributed by atoms with van der Waals surface area (Å²) in [5.74, 6) is 1.58. The first-order valence-corrected chi connectivity index (χ1v) is 19.6. The largest absolute Gasteiger partial charge is 0.448 e. The molecule has 2 atom stereocenters. The van der Waals surface area contributed by atoms with E-state index in [1.54, 1.807) is 16.3 Å². The maximum atomic E-state index is 13.3. The summed E-state index contributed by atoms with van der Waals surface area (Å²) >= 11 is 1.03. The molecule has 0 saturated carbocycles.